The molecule has 0 radical (unpaired) electrons. The van der Waals surface area contributed by atoms with Crippen LogP contribution in [0, 0.1) is 5.41 Å². The van der Waals surface area contributed by atoms with Gasteiger partial charge in [0.1, 0.15) is 0 Å². The van der Waals surface area contributed by atoms with E-state index in [-0.39, 0.29) is 5.91 Å². The van der Waals surface area contributed by atoms with Crippen molar-refractivity contribution < 1.29 is 4.79 Å². The Morgan fingerprint density at radius 3 is 2.69 bits per heavy atom. The van der Waals surface area contributed by atoms with E-state index in [0.717, 1.165) is 5.69 Å². The summed E-state index contributed by atoms with van der Waals surface area (Å²) in [6, 6.07) is 0. The van der Waals surface area contributed by atoms with Gasteiger partial charge in [-0.15, -0.1) is 11.3 Å². The monoisotopic (exact) mass is 241 g/mol. The summed E-state index contributed by atoms with van der Waals surface area (Å²) in [6.07, 6.45) is 0. The fourth-order valence-electron chi connectivity index (χ4n) is 0.968. The summed E-state index contributed by atoms with van der Waals surface area (Å²) in [5, 5.41) is 5.41. The predicted molar refractivity (Wildman–Crippen MR) is 67.7 cm³/mol. The number of hydrogen-bond donors (Lipinski definition) is 2. The molecule has 1 heterocycles. The highest BCUT2D eigenvalue weighted by Crippen LogP contribution is 2.23. The first-order valence-corrected chi connectivity index (χ1v) is 6.21. The van der Waals surface area contributed by atoms with Crippen molar-refractivity contribution in [3.05, 3.63) is 11.1 Å². The lowest BCUT2D eigenvalue weighted by Crippen LogP contribution is -2.37. The normalized spacial score (nSPS) is 11.9. The molecule has 1 rings (SSSR count). The Morgan fingerprint density at radius 2 is 2.25 bits per heavy atom. The van der Waals surface area contributed by atoms with Gasteiger partial charge in [-0.05, 0) is 19.8 Å². The molecule has 0 fully saturated rings. The van der Waals surface area contributed by atoms with E-state index in [2.05, 4.69) is 24.1 Å². The van der Waals surface area contributed by atoms with E-state index >= 15 is 0 Å². The number of hydrogen-bond acceptors (Lipinski definition) is 4. The topological polar surface area (TPSA) is 68.0 Å². The van der Waals surface area contributed by atoms with Crippen LogP contribution in [0.25, 0.3) is 0 Å². The number of carbonyl (C=O) groups is 1. The first kappa shape index (κ1) is 13.1. The fourth-order valence-corrected chi connectivity index (χ4v) is 1.83. The van der Waals surface area contributed by atoms with Crippen LogP contribution in [0.2, 0.25) is 0 Å². The van der Waals surface area contributed by atoms with Gasteiger partial charge in [-0.2, -0.15) is 0 Å². The molecular weight excluding hydrogens is 222 g/mol. The number of anilines is 1. The maximum Gasteiger partial charge on any atom is 0.233 e. The van der Waals surface area contributed by atoms with Gasteiger partial charge in [0.25, 0.3) is 0 Å². The molecule has 5 heteroatoms. The highest BCUT2D eigenvalue weighted by molar-refractivity contribution is 7.13. The Bertz CT molecular complexity index is 371. The second-order valence-corrected chi connectivity index (χ2v) is 5.63. The SMILES string of the molecule is CC(C)c1csc(NC(=O)C(C)(C)CN)n1. The molecule has 0 saturated carbocycles. The van der Waals surface area contributed by atoms with Crippen molar-refractivity contribution in [1.82, 2.24) is 4.98 Å². The smallest absolute Gasteiger partial charge is 0.233 e. The minimum atomic E-state index is -0.552. The number of nitrogens with two attached hydrogens (primary N) is 1. The molecule has 0 aliphatic rings. The average molecular weight is 241 g/mol. The Morgan fingerprint density at radius 1 is 1.62 bits per heavy atom. The lowest BCUT2D eigenvalue weighted by atomic mass is 9.93. The van der Waals surface area contributed by atoms with Crippen LogP contribution in [0.15, 0.2) is 5.38 Å². The van der Waals surface area contributed by atoms with E-state index in [1.165, 1.54) is 11.3 Å². The number of nitrogens with zero attached hydrogens (tertiary/aromatic N) is 1. The molecule has 0 atom stereocenters. The minimum Gasteiger partial charge on any atom is -0.329 e. The van der Waals surface area contributed by atoms with Crippen molar-refractivity contribution in [3.8, 4) is 0 Å². The molecule has 16 heavy (non-hydrogen) atoms. The molecule has 0 unspecified atom stereocenters. The molecule has 1 aromatic heterocycles. The van der Waals surface area contributed by atoms with Crippen LogP contribution in [0.4, 0.5) is 5.13 Å². The van der Waals surface area contributed by atoms with Crippen LogP contribution in [0.1, 0.15) is 39.3 Å². The Kier molecular flexibility index (Phi) is 4.04. The molecule has 3 N–H and O–H groups in total. The van der Waals surface area contributed by atoms with Gasteiger partial charge in [0.05, 0.1) is 11.1 Å². The van der Waals surface area contributed by atoms with E-state index in [9.17, 15) is 4.79 Å². The molecule has 0 aromatic carbocycles. The lowest BCUT2D eigenvalue weighted by Gasteiger charge is -2.20. The lowest BCUT2D eigenvalue weighted by molar-refractivity contribution is -0.123. The third kappa shape index (κ3) is 3.02. The molecule has 0 bridgehead atoms. The standard InChI is InChI=1S/C11H19N3OS/c1-7(2)8-5-16-10(13-8)14-9(15)11(3,4)6-12/h5,7H,6,12H2,1-4H3,(H,13,14,15). The van der Waals surface area contributed by atoms with E-state index in [1.807, 2.05) is 19.2 Å². The number of aromatic nitrogens is 1. The van der Waals surface area contributed by atoms with Crippen molar-refractivity contribution in [3.63, 3.8) is 0 Å². The van der Waals surface area contributed by atoms with Crippen molar-refractivity contribution in [1.29, 1.82) is 0 Å². The van der Waals surface area contributed by atoms with Gasteiger partial charge in [-0.1, -0.05) is 13.8 Å². The summed E-state index contributed by atoms with van der Waals surface area (Å²) in [5.41, 5.74) is 5.99. The zero-order valence-electron chi connectivity index (χ0n) is 10.2. The van der Waals surface area contributed by atoms with E-state index in [0.29, 0.717) is 17.6 Å². The molecule has 90 valence electrons. The zero-order valence-corrected chi connectivity index (χ0v) is 11.0. The second-order valence-electron chi connectivity index (χ2n) is 4.77. The van der Waals surface area contributed by atoms with Gasteiger partial charge in [0, 0.05) is 11.9 Å². The summed E-state index contributed by atoms with van der Waals surface area (Å²) in [4.78, 5) is 16.2. The van der Waals surface area contributed by atoms with Crippen molar-refractivity contribution >= 4 is 22.4 Å². The summed E-state index contributed by atoms with van der Waals surface area (Å²) in [7, 11) is 0. The first-order chi connectivity index (χ1) is 7.36. The van der Waals surface area contributed by atoms with Gasteiger partial charge in [-0.25, -0.2) is 4.98 Å². The molecule has 1 aromatic rings. The van der Waals surface area contributed by atoms with Crippen LogP contribution in [-0.2, 0) is 4.79 Å². The Balaban J connectivity index is 2.70. The van der Waals surface area contributed by atoms with Crippen LogP contribution < -0.4 is 11.1 Å². The summed E-state index contributed by atoms with van der Waals surface area (Å²) in [6.45, 7) is 8.11. The summed E-state index contributed by atoms with van der Waals surface area (Å²) < 4.78 is 0. The number of nitrogens with one attached hydrogen (secondary N) is 1. The number of rotatable bonds is 4. The van der Waals surface area contributed by atoms with E-state index < -0.39 is 5.41 Å². The Labute approximate surface area is 100 Å². The van der Waals surface area contributed by atoms with Crippen LogP contribution in [0.5, 0.6) is 0 Å². The van der Waals surface area contributed by atoms with Gasteiger partial charge in [-0.3, -0.25) is 4.79 Å². The van der Waals surface area contributed by atoms with E-state index in [4.69, 9.17) is 5.73 Å². The zero-order chi connectivity index (χ0) is 12.3. The molecule has 0 saturated heterocycles. The van der Waals surface area contributed by atoms with Gasteiger partial charge >= 0.3 is 0 Å². The Hall–Kier alpha value is -0.940. The maximum absolute atomic E-state index is 11.8. The number of thiazole rings is 1. The van der Waals surface area contributed by atoms with Gasteiger partial charge in [0.2, 0.25) is 5.91 Å². The molecule has 1 amide bonds. The predicted octanol–water partition coefficient (Wildman–Crippen LogP) is 2.19. The fraction of sp³-hybridized carbons (Fsp3) is 0.636. The maximum atomic E-state index is 11.8. The first-order valence-electron chi connectivity index (χ1n) is 5.34. The molecule has 0 aliphatic heterocycles. The number of amides is 1. The van der Waals surface area contributed by atoms with Crippen molar-refractivity contribution in [2.45, 2.75) is 33.6 Å². The molecular formula is C11H19N3OS. The van der Waals surface area contributed by atoms with Crippen molar-refractivity contribution in [2.24, 2.45) is 11.1 Å². The van der Waals surface area contributed by atoms with Gasteiger partial charge < -0.3 is 11.1 Å². The van der Waals surface area contributed by atoms with Crippen LogP contribution in [0.3, 0.4) is 0 Å². The average Bonchev–Trinajstić information content (AvgIpc) is 2.66. The summed E-state index contributed by atoms with van der Waals surface area (Å²) in [5.74, 6) is 0.295. The highest BCUT2D eigenvalue weighted by atomic mass is 32.1. The highest BCUT2D eigenvalue weighted by Gasteiger charge is 2.26. The molecule has 0 spiro atoms. The van der Waals surface area contributed by atoms with Gasteiger partial charge in [0.15, 0.2) is 5.13 Å². The van der Waals surface area contributed by atoms with E-state index in [1.54, 1.807) is 0 Å². The second kappa shape index (κ2) is 4.93. The number of carbonyl (C=O) groups excluding carboxylic acids is 1. The third-order valence-corrected chi connectivity index (χ3v) is 3.23. The largest absolute Gasteiger partial charge is 0.329 e. The quantitative estimate of drug-likeness (QED) is 0.849. The summed E-state index contributed by atoms with van der Waals surface area (Å²) >= 11 is 1.45. The van der Waals surface area contributed by atoms with Crippen molar-refractivity contribution in [2.75, 3.05) is 11.9 Å². The van der Waals surface area contributed by atoms with Crippen LogP contribution in [-0.4, -0.2) is 17.4 Å². The third-order valence-electron chi connectivity index (χ3n) is 2.46. The molecule has 4 nitrogen and oxygen atoms in total. The van der Waals surface area contributed by atoms with Crippen LogP contribution >= 0.6 is 11.3 Å². The molecule has 0 aliphatic carbocycles. The minimum absolute atomic E-state index is 0.0837.